The molecule has 0 bridgehead atoms. The Labute approximate surface area is 205 Å². The lowest BCUT2D eigenvalue weighted by Gasteiger charge is -2.69. The van der Waals surface area contributed by atoms with E-state index in [1.807, 2.05) is 0 Å². The molecule has 0 saturated heterocycles. The number of carboxylic acids is 1. The van der Waals surface area contributed by atoms with Gasteiger partial charge in [-0.2, -0.15) is 0 Å². The number of rotatable bonds is 1. The fourth-order valence-corrected chi connectivity index (χ4v) is 9.93. The Kier molecular flexibility index (Phi) is 5.06. The summed E-state index contributed by atoms with van der Waals surface area (Å²) in [5.74, 6) is 0.139. The molecule has 4 nitrogen and oxygen atoms in total. The van der Waals surface area contributed by atoms with Crippen molar-refractivity contribution in [2.75, 3.05) is 0 Å². The Hall–Kier alpha value is -1.13. The van der Waals surface area contributed by atoms with E-state index in [-0.39, 0.29) is 33.2 Å². The van der Waals surface area contributed by atoms with E-state index in [0.717, 1.165) is 37.7 Å². The molecule has 4 heteroatoms. The summed E-state index contributed by atoms with van der Waals surface area (Å²) in [5.41, 5.74) is 1.12. The molecule has 190 valence electrons. The molecule has 0 aromatic rings. The quantitative estimate of drug-likeness (QED) is 0.431. The van der Waals surface area contributed by atoms with Crippen molar-refractivity contribution < 1.29 is 20.1 Å². The molecule has 0 aliphatic heterocycles. The molecule has 0 aromatic heterocycles. The summed E-state index contributed by atoms with van der Waals surface area (Å²) < 4.78 is 0. The van der Waals surface area contributed by atoms with Gasteiger partial charge in [-0.15, -0.1) is 0 Å². The van der Waals surface area contributed by atoms with Gasteiger partial charge in [-0.05, 0) is 101 Å². The van der Waals surface area contributed by atoms with E-state index in [4.69, 9.17) is 0 Å². The van der Waals surface area contributed by atoms with Gasteiger partial charge < -0.3 is 15.3 Å². The van der Waals surface area contributed by atoms with Crippen molar-refractivity contribution >= 4 is 5.97 Å². The zero-order valence-corrected chi connectivity index (χ0v) is 22.4. The number of hydrogen-bond acceptors (Lipinski definition) is 3. The molecule has 3 saturated carbocycles. The molecule has 0 amide bonds. The number of fused-ring (bicyclic) bond motifs is 6. The number of aliphatic hydroxyl groups excluding tert-OH is 2. The number of aliphatic carboxylic acids is 1. The normalized spacial score (nSPS) is 51.1. The van der Waals surface area contributed by atoms with Gasteiger partial charge in [0.25, 0.3) is 0 Å². The molecule has 0 heterocycles. The maximum Gasteiger partial charge on any atom is 0.313 e. The van der Waals surface area contributed by atoms with Crippen LogP contribution in [0.3, 0.4) is 0 Å². The molecular weight excluding hydrogens is 424 g/mol. The lowest BCUT2D eigenvalue weighted by Crippen LogP contribution is -2.63. The predicted molar refractivity (Wildman–Crippen MR) is 134 cm³/mol. The fourth-order valence-electron chi connectivity index (χ4n) is 9.93. The van der Waals surface area contributed by atoms with Crippen LogP contribution in [-0.2, 0) is 4.79 Å². The minimum Gasteiger partial charge on any atom is -0.481 e. The Balaban J connectivity index is 1.68. The average Bonchev–Trinajstić information content (AvgIpc) is 2.72. The second-order valence-electron chi connectivity index (χ2n) is 14.7. The predicted octanol–water partition coefficient (Wildman–Crippen LogP) is 6.12. The second kappa shape index (κ2) is 7.00. The van der Waals surface area contributed by atoms with Crippen molar-refractivity contribution in [3.63, 3.8) is 0 Å². The first-order valence-electron chi connectivity index (χ1n) is 13.6. The second-order valence-corrected chi connectivity index (χ2v) is 14.7. The number of allylic oxidation sites excluding steroid dienone is 3. The minimum atomic E-state index is -0.935. The van der Waals surface area contributed by atoms with Crippen LogP contribution in [0.4, 0.5) is 0 Å². The van der Waals surface area contributed by atoms with Crippen LogP contribution in [0.25, 0.3) is 0 Å². The van der Waals surface area contributed by atoms with Gasteiger partial charge in [-0.25, -0.2) is 0 Å². The largest absolute Gasteiger partial charge is 0.481 e. The monoisotopic (exact) mass is 470 g/mol. The Bertz CT molecular complexity index is 974. The maximum atomic E-state index is 12.8. The van der Waals surface area contributed by atoms with Crippen LogP contribution >= 0.6 is 0 Å². The van der Waals surface area contributed by atoms with Gasteiger partial charge in [0.15, 0.2) is 0 Å². The third kappa shape index (κ3) is 2.76. The van der Waals surface area contributed by atoms with Gasteiger partial charge >= 0.3 is 5.97 Å². The Morgan fingerprint density at radius 2 is 1.59 bits per heavy atom. The molecule has 3 N–H and O–H groups in total. The molecule has 3 fully saturated rings. The highest BCUT2D eigenvalue weighted by Crippen LogP contribution is 2.74. The van der Waals surface area contributed by atoms with Crippen molar-refractivity contribution in [2.24, 2.45) is 44.3 Å². The summed E-state index contributed by atoms with van der Waals surface area (Å²) in [7, 11) is 0. The smallest absolute Gasteiger partial charge is 0.313 e. The first-order valence-corrected chi connectivity index (χ1v) is 13.6. The lowest BCUT2D eigenvalue weighted by atomic mass is 9.35. The van der Waals surface area contributed by atoms with E-state index in [2.05, 4.69) is 60.6 Å². The van der Waals surface area contributed by atoms with Crippen molar-refractivity contribution in [1.29, 1.82) is 0 Å². The minimum absolute atomic E-state index is 0.0541. The highest BCUT2D eigenvalue weighted by atomic mass is 16.4. The van der Waals surface area contributed by atoms with E-state index < -0.39 is 17.5 Å². The molecule has 5 aliphatic rings. The van der Waals surface area contributed by atoms with Gasteiger partial charge in [-0.1, -0.05) is 60.6 Å². The lowest BCUT2D eigenvalue weighted by molar-refractivity contribution is -0.184. The van der Waals surface area contributed by atoms with Gasteiger partial charge in [0, 0.05) is 0 Å². The van der Waals surface area contributed by atoms with E-state index >= 15 is 0 Å². The summed E-state index contributed by atoms with van der Waals surface area (Å²) in [5, 5.41) is 32.2. The van der Waals surface area contributed by atoms with Gasteiger partial charge in [0.1, 0.15) is 0 Å². The molecule has 0 aromatic carbocycles. The SMILES string of the molecule is CC1(C)CC2=C3C=C[C@@H]4[C@]5(C)CC[C@@H](O)C(C)(C)[C@@H]5CC[C@@]4(C)[C@]3(C)CC[C@@]2(C(=O)O)C[C@H]1O. The third-order valence-corrected chi connectivity index (χ3v) is 12.6. The van der Waals surface area contributed by atoms with Gasteiger partial charge in [0.05, 0.1) is 17.6 Å². The summed E-state index contributed by atoms with van der Waals surface area (Å²) in [4.78, 5) is 12.8. The van der Waals surface area contributed by atoms with Crippen LogP contribution in [0, 0.1) is 44.3 Å². The van der Waals surface area contributed by atoms with Gasteiger partial charge in [0.2, 0.25) is 0 Å². The van der Waals surface area contributed by atoms with Crippen LogP contribution in [0.2, 0.25) is 0 Å². The van der Waals surface area contributed by atoms with E-state index in [1.54, 1.807) is 0 Å². The number of carboxylic acid groups (broad SMARTS) is 1. The topological polar surface area (TPSA) is 77.8 Å². The summed E-state index contributed by atoms with van der Waals surface area (Å²) in [6.07, 6.45) is 10.5. The standard InChI is InChI=1S/C30H46O4/c1-25(2)16-19-18-8-9-21-27(5)12-11-22(31)26(3,4)20(27)10-13-29(21,7)28(18,6)14-15-30(19,24(33)34)17-23(25)32/h8-9,20-23,31-32H,10-17H2,1-7H3,(H,33,34)/t20-,21+,22+,23+,27+,28+,29+,30+/m0/s1. The molecule has 34 heavy (non-hydrogen) atoms. The average molecular weight is 471 g/mol. The van der Waals surface area contributed by atoms with Crippen molar-refractivity contribution in [3.05, 3.63) is 23.3 Å². The van der Waals surface area contributed by atoms with E-state index in [9.17, 15) is 20.1 Å². The van der Waals surface area contributed by atoms with Crippen molar-refractivity contribution in [3.8, 4) is 0 Å². The fraction of sp³-hybridized carbons (Fsp3) is 0.833. The van der Waals surface area contributed by atoms with E-state index in [0.29, 0.717) is 31.1 Å². The highest BCUT2D eigenvalue weighted by Gasteiger charge is 2.67. The van der Waals surface area contributed by atoms with Crippen LogP contribution in [0.1, 0.15) is 99.8 Å². The number of hydrogen-bond donors (Lipinski definition) is 3. The summed E-state index contributed by atoms with van der Waals surface area (Å²) in [6.45, 7) is 16.1. The molecule has 5 rings (SSSR count). The summed E-state index contributed by atoms with van der Waals surface area (Å²) in [6, 6.07) is 0. The number of aliphatic hydroxyl groups is 2. The Morgan fingerprint density at radius 3 is 2.24 bits per heavy atom. The molecule has 8 atom stereocenters. The number of carbonyl (C=O) groups is 1. The van der Waals surface area contributed by atoms with Crippen LogP contribution in [-0.4, -0.2) is 33.5 Å². The van der Waals surface area contributed by atoms with E-state index in [1.165, 1.54) is 5.57 Å². The third-order valence-electron chi connectivity index (χ3n) is 12.6. The Morgan fingerprint density at radius 1 is 0.912 bits per heavy atom. The first-order chi connectivity index (χ1) is 15.6. The molecule has 5 aliphatic carbocycles. The van der Waals surface area contributed by atoms with Crippen molar-refractivity contribution in [1.82, 2.24) is 0 Å². The maximum absolute atomic E-state index is 12.8. The van der Waals surface area contributed by atoms with Crippen LogP contribution in [0.5, 0.6) is 0 Å². The van der Waals surface area contributed by atoms with Crippen LogP contribution in [0.15, 0.2) is 23.3 Å². The molecule has 0 radical (unpaired) electrons. The highest BCUT2D eigenvalue weighted by molar-refractivity contribution is 5.80. The zero-order chi connectivity index (χ0) is 25.1. The molecular formula is C30H46O4. The summed E-state index contributed by atoms with van der Waals surface area (Å²) >= 11 is 0. The molecule has 0 spiro atoms. The van der Waals surface area contributed by atoms with Crippen molar-refractivity contribution in [2.45, 2.75) is 112 Å². The van der Waals surface area contributed by atoms with Crippen LogP contribution < -0.4 is 0 Å². The first kappa shape index (κ1) is 24.6. The van der Waals surface area contributed by atoms with Gasteiger partial charge in [-0.3, -0.25) is 4.79 Å². The zero-order valence-electron chi connectivity index (χ0n) is 22.4. The molecule has 0 unspecified atom stereocenters.